The Bertz CT molecular complexity index is 473. The zero-order chi connectivity index (χ0) is 13.7. The van der Waals surface area contributed by atoms with Gasteiger partial charge < -0.3 is 5.32 Å². The lowest BCUT2D eigenvalue weighted by Gasteiger charge is -2.29. The van der Waals surface area contributed by atoms with Crippen LogP contribution in [0.15, 0.2) is 47.2 Å². The van der Waals surface area contributed by atoms with E-state index in [0.29, 0.717) is 6.04 Å². The van der Waals surface area contributed by atoms with Crippen LogP contribution in [-0.2, 0) is 12.0 Å². The lowest BCUT2D eigenvalue weighted by Crippen LogP contribution is -2.32. The molecule has 0 aliphatic heterocycles. The summed E-state index contributed by atoms with van der Waals surface area (Å²) in [4.78, 5) is 0. The zero-order valence-corrected chi connectivity index (χ0v) is 12.8. The van der Waals surface area contributed by atoms with Gasteiger partial charge in [-0.25, -0.2) is 0 Å². The molecule has 2 rings (SSSR count). The Balaban J connectivity index is 1.89. The maximum atomic E-state index is 3.62. The fraction of sp³-hybridized carbons (Fsp3) is 0.412. The first-order chi connectivity index (χ1) is 9.08. The SMILES string of the molecule is CC(CC(C)(C)c1ccccc1)NCc1ccsc1. The summed E-state index contributed by atoms with van der Waals surface area (Å²) in [5.74, 6) is 0. The zero-order valence-electron chi connectivity index (χ0n) is 12.0. The predicted molar refractivity (Wildman–Crippen MR) is 84.7 cm³/mol. The van der Waals surface area contributed by atoms with Gasteiger partial charge in [-0.15, -0.1) is 0 Å². The van der Waals surface area contributed by atoms with Crippen LogP contribution in [0.3, 0.4) is 0 Å². The summed E-state index contributed by atoms with van der Waals surface area (Å²) in [5.41, 5.74) is 3.01. The molecule has 19 heavy (non-hydrogen) atoms. The van der Waals surface area contributed by atoms with Crippen molar-refractivity contribution in [3.8, 4) is 0 Å². The van der Waals surface area contributed by atoms with E-state index in [9.17, 15) is 0 Å². The van der Waals surface area contributed by atoms with Gasteiger partial charge in [0.1, 0.15) is 0 Å². The highest BCUT2D eigenvalue weighted by atomic mass is 32.1. The molecule has 1 aromatic heterocycles. The Morgan fingerprint density at radius 2 is 1.89 bits per heavy atom. The molecule has 0 aliphatic rings. The number of benzene rings is 1. The molecule has 1 heterocycles. The molecule has 0 spiro atoms. The van der Waals surface area contributed by atoms with Crippen LogP contribution >= 0.6 is 11.3 Å². The average Bonchev–Trinajstić information content (AvgIpc) is 2.90. The molecule has 0 aliphatic carbocycles. The van der Waals surface area contributed by atoms with Gasteiger partial charge in [-0.3, -0.25) is 0 Å². The maximum Gasteiger partial charge on any atom is 0.0216 e. The Morgan fingerprint density at radius 1 is 1.16 bits per heavy atom. The number of thiophene rings is 1. The Kier molecular flexibility index (Phi) is 4.78. The lowest BCUT2D eigenvalue weighted by molar-refractivity contribution is 0.388. The molecule has 1 aromatic carbocycles. The van der Waals surface area contributed by atoms with Crippen LogP contribution in [0.25, 0.3) is 0 Å². The topological polar surface area (TPSA) is 12.0 Å². The van der Waals surface area contributed by atoms with Crippen LogP contribution in [0.2, 0.25) is 0 Å². The van der Waals surface area contributed by atoms with Crippen LogP contribution < -0.4 is 5.32 Å². The van der Waals surface area contributed by atoms with Gasteiger partial charge in [-0.05, 0) is 46.7 Å². The van der Waals surface area contributed by atoms with Crippen molar-refractivity contribution in [2.45, 2.75) is 45.2 Å². The first-order valence-corrected chi connectivity index (χ1v) is 7.82. The van der Waals surface area contributed by atoms with Crippen molar-refractivity contribution < 1.29 is 0 Å². The molecule has 1 atom stereocenters. The van der Waals surface area contributed by atoms with Gasteiger partial charge in [0.2, 0.25) is 0 Å². The van der Waals surface area contributed by atoms with Gasteiger partial charge in [0.15, 0.2) is 0 Å². The highest BCUT2D eigenvalue weighted by Crippen LogP contribution is 2.28. The lowest BCUT2D eigenvalue weighted by atomic mass is 9.79. The van der Waals surface area contributed by atoms with Crippen LogP contribution in [0.1, 0.15) is 38.3 Å². The van der Waals surface area contributed by atoms with Crippen molar-refractivity contribution in [3.05, 3.63) is 58.3 Å². The molecule has 1 nitrogen and oxygen atoms in total. The fourth-order valence-electron chi connectivity index (χ4n) is 2.53. The smallest absolute Gasteiger partial charge is 0.0216 e. The second-order valence-corrected chi connectivity index (χ2v) is 6.65. The van der Waals surface area contributed by atoms with E-state index >= 15 is 0 Å². The second-order valence-electron chi connectivity index (χ2n) is 5.87. The highest BCUT2D eigenvalue weighted by Gasteiger charge is 2.22. The van der Waals surface area contributed by atoms with E-state index in [-0.39, 0.29) is 5.41 Å². The van der Waals surface area contributed by atoms with E-state index in [2.05, 4.69) is 73.2 Å². The number of nitrogens with one attached hydrogen (secondary N) is 1. The number of rotatable bonds is 6. The average molecular weight is 273 g/mol. The van der Waals surface area contributed by atoms with Crippen LogP contribution in [0.4, 0.5) is 0 Å². The van der Waals surface area contributed by atoms with Crippen molar-refractivity contribution in [3.63, 3.8) is 0 Å². The van der Waals surface area contributed by atoms with Crippen molar-refractivity contribution in [1.82, 2.24) is 5.32 Å². The Hall–Kier alpha value is -1.12. The van der Waals surface area contributed by atoms with Crippen molar-refractivity contribution in [2.24, 2.45) is 0 Å². The Morgan fingerprint density at radius 3 is 2.53 bits per heavy atom. The summed E-state index contributed by atoms with van der Waals surface area (Å²) in [6, 6.07) is 13.5. The Labute approximate surface area is 120 Å². The van der Waals surface area contributed by atoms with E-state index < -0.39 is 0 Å². The quantitative estimate of drug-likeness (QED) is 0.811. The molecule has 2 aromatic rings. The molecule has 0 saturated carbocycles. The van der Waals surface area contributed by atoms with Gasteiger partial charge >= 0.3 is 0 Å². The van der Waals surface area contributed by atoms with Crippen molar-refractivity contribution in [2.75, 3.05) is 0 Å². The third-order valence-corrected chi connectivity index (χ3v) is 4.34. The molecule has 0 amide bonds. The van der Waals surface area contributed by atoms with Gasteiger partial charge in [-0.2, -0.15) is 11.3 Å². The largest absolute Gasteiger partial charge is 0.310 e. The predicted octanol–water partition coefficient (Wildman–Crippen LogP) is 4.59. The molecule has 1 N–H and O–H groups in total. The molecule has 0 bridgehead atoms. The normalized spacial score (nSPS) is 13.4. The molecule has 2 heteroatoms. The summed E-state index contributed by atoms with van der Waals surface area (Å²) in [5, 5.41) is 7.96. The first kappa shape index (κ1) is 14.3. The molecule has 1 unspecified atom stereocenters. The van der Waals surface area contributed by atoms with E-state index in [4.69, 9.17) is 0 Å². The molecule has 0 radical (unpaired) electrons. The summed E-state index contributed by atoms with van der Waals surface area (Å²) < 4.78 is 0. The van der Waals surface area contributed by atoms with Gasteiger partial charge in [0.25, 0.3) is 0 Å². The maximum absolute atomic E-state index is 3.62. The van der Waals surface area contributed by atoms with Gasteiger partial charge in [0.05, 0.1) is 0 Å². The van der Waals surface area contributed by atoms with Crippen LogP contribution in [0, 0.1) is 0 Å². The third kappa shape index (κ3) is 4.19. The summed E-state index contributed by atoms with van der Waals surface area (Å²) in [6.45, 7) is 7.89. The molecule has 102 valence electrons. The number of hydrogen-bond donors (Lipinski definition) is 1. The highest BCUT2D eigenvalue weighted by molar-refractivity contribution is 7.07. The van der Waals surface area contributed by atoms with E-state index in [1.165, 1.54) is 11.1 Å². The second kappa shape index (κ2) is 6.36. The molecular weight excluding hydrogens is 250 g/mol. The summed E-state index contributed by atoms with van der Waals surface area (Å²) >= 11 is 1.76. The van der Waals surface area contributed by atoms with Crippen LogP contribution in [0.5, 0.6) is 0 Å². The minimum absolute atomic E-state index is 0.211. The van der Waals surface area contributed by atoms with Gasteiger partial charge in [0, 0.05) is 12.6 Å². The standard InChI is InChI=1S/C17H23NS/c1-14(18-12-15-9-10-19-13-15)11-17(2,3)16-7-5-4-6-8-16/h4-10,13-14,18H,11-12H2,1-3H3. The van der Waals surface area contributed by atoms with E-state index in [1.807, 2.05) is 0 Å². The summed E-state index contributed by atoms with van der Waals surface area (Å²) in [6.07, 6.45) is 1.14. The molecule has 0 saturated heterocycles. The minimum Gasteiger partial charge on any atom is -0.310 e. The summed E-state index contributed by atoms with van der Waals surface area (Å²) in [7, 11) is 0. The molecular formula is C17H23NS. The number of hydrogen-bond acceptors (Lipinski definition) is 2. The third-order valence-electron chi connectivity index (χ3n) is 3.61. The van der Waals surface area contributed by atoms with Crippen molar-refractivity contribution in [1.29, 1.82) is 0 Å². The van der Waals surface area contributed by atoms with E-state index in [0.717, 1.165) is 13.0 Å². The van der Waals surface area contributed by atoms with Crippen molar-refractivity contribution >= 4 is 11.3 Å². The molecule has 0 fully saturated rings. The van der Waals surface area contributed by atoms with Gasteiger partial charge in [-0.1, -0.05) is 44.2 Å². The fourth-order valence-corrected chi connectivity index (χ4v) is 3.20. The monoisotopic (exact) mass is 273 g/mol. The van der Waals surface area contributed by atoms with Crippen LogP contribution in [-0.4, -0.2) is 6.04 Å². The minimum atomic E-state index is 0.211. The first-order valence-electron chi connectivity index (χ1n) is 6.88. The van der Waals surface area contributed by atoms with E-state index in [1.54, 1.807) is 11.3 Å².